The monoisotopic (exact) mass is 216 g/mol. The Hall–Kier alpha value is -1.96. The molecule has 0 unspecified atom stereocenters. The first-order chi connectivity index (χ1) is 7.29. The smallest absolute Gasteiger partial charge is 0.195 e. The SMILES string of the molecule is C.O=C(c1ccccc1)c1ccccc1F. The second-order valence-corrected chi connectivity index (χ2v) is 3.17. The largest absolute Gasteiger partial charge is 0.288 e. The molecule has 2 rings (SSSR count). The van der Waals surface area contributed by atoms with Crippen LogP contribution in [-0.4, -0.2) is 5.78 Å². The number of halogens is 1. The molecule has 0 amide bonds. The Morgan fingerprint density at radius 2 is 1.44 bits per heavy atom. The number of carbonyl (C=O) groups excluding carboxylic acids is 1. The van der Waals surface area contributed by atoms with Crippen molar-refractivity contribution in [3.05, 3.63) is 71.5 Å². The van der Waals surface area contributed by atoms with Crippen LogP contribution in [0.15, 0.2) is 54.6 Å². The first-order valence-electron chi connectivity index (χ1n) is 4.63. The Bertz CT molecular complexity index is 477. The van der Waals surface area contributed by atoms with E-state index < -0.39 is 5.82 Å². The quantitative estimate of drug-likeness (QED) is 0.699. The van der Waals surface area contributed by atoms with Crippen molar-refractivity contribution in [2.24, 2.45) is 0 Å². The lowest BCUT2D eigenvalue weighted by molar-refractivity contribution is 0.103. The molecule has 0 saturated carbocycles. The molecule has 0 saturated heterocycles. The van der Waals surface area contributed by atoms with Crippen LogP contribution in [0, 0.1) is 5.82 Å². The van der Waals surface area contributed by atoms with E-state index in [4.69, 9.17) is 0 Å². The summed E-state index contributed by atoms with van der Waals surface area (Å²) < 4.78 is 13.3. The van der Waals surface area contributed by atoms with Crippen LogP contribution in [0.2, 0.25) is 0 Å². The molecule has 0 aliphatic carbocycles. The van der Waals surface area contributed by atoms with Gasteiger partial charge in [-0.25, -0.2) is 4.39 Å². The summed E-state index contributed by atoms with van der Waals surface area (Å²) in [5, 5.41) is 0. The van der Waals surface area contributed by atoms with Crippen molar-refractivity contribution in [2.45, 2.75) is 7.43 Å². The van der Waals surface area contributed by atoms with Crippen molar-refractivity contribution in [3.63, 3.8) is 0 Å². The molecule has 0 aromatic heterocycles. The van der Waals surface area contributed by atoms with E-state index in [1.807, 2.05) is 6.07 Å². The van der Waals surface area contributed by atoms with Gasteiger partial charge in [0.25, 0.3) is 0 Å². The molecule has 0 heterocycles. The molecule has 0 fully saturated rings. The highest BCUT2D eigenvalue weighted by molar-refractivity contribution is 6.09. The average molecular weight is 216 g/mol. The summed E-state index contributed by atoms with van der Waals surface area (Å²) in [7, 11) is 0. The highest BCUT2D eigenvalue weighted by atomic mass is 19.1. The van der Waals surface area contributed by atoms with E-state index in [0.29, 0.717) is 5.56 Å². The maximum Gasteiger partial charge on any atom is 0.195 e. The minimum Gasteiger partial charge on any atom is -0.288 e. The molecule has 16 heavy (non-hydrogen) atoms. The fraction of sp³-hybridized carbons (Fsp3) is 0.0714. The van der Waals surface area contributed by atoms with Gasteiger partial charge < -0.3 is 0 Å². The second kappa shape index (κ2) is 5.21. The number of hydrogen-bond donors (Lipinski definition) is 0. The van der Waals surface area contributed by atoms with Gasteiger partial charge in [0.2, 0.25) is 0 Å². The van der Waals surface area contributed by atoms with E-state index in [-0.39, 0.29) is 18.8 Å². The summed E-state index contributed by atoms with van der Waals surface area (Å²) in [4.78, 5) is 11.8. The summed E-state index contributed by atoms with van der Waals surface area (Å²) >= 11 is 0. The molecule has 0 aliphatic rings. The normalized spacial score (nSPS) is 9.31. The number of carbonyl (C=O) groups is 1. The van der Waals surface area contributed by atoms with Crippen LogP contribution < -0.4 is 0 Å². The van der Waals surface area contributed by atoms with Crippen LogP contribution in [0.5, 0.6) is 0 Å². The molecule has 0 bridgehead atoms. The minimum atomic E-state index is -0.480. The van der Waals surface area contributed by atoms with Gasteiger partial charge in [-0.3, -0.25) is 4.79 Å². The second-order valence-electron chi connectivity index (χ2n) is 3.17. The molecular weight excluding hydrogens is 203 g/mol. The summed E-state index contributed by atoms with van der Waals surface area (Å²) in [6, 6.07) is 14.7. The molecule has 1 nitrogen and oxygen atoms in total. The third-order valence-corrected chi connectivity index (χ3v) is 2.15. The topological polar surface area (TPSA) is 17.1 Å². The van der Waals surface area contributed by atoms with Gasteiger partial charge in [-0.1, -0.05) is 49.9 Å². The van der Waals surface area contributed by atoms with Crippen LogP contribution in [0.25, 0.3) is 0 Å². The lowest BCUT2D eigenvalue weighted by Gasteiger charge is -2.01. The van der Waals surface area contributed by atoms with Crippen LogP contribution in [0.3, 0.4) is 0 Å². The third kappa shape index (κ3) is 2.34. The van der Waals surface area contributed by atoms with Crippen molar-refractivity contribution >= 4 is 5.78 Å². The van der Waals surface area contributed by atoms with E-state index >= 15 is 0 Å². The average Bonchev–Trinajstić information content (AvgIpc) is 2.30. The van der Waals surface area contributed by atoms with Crippen molar-refractivity contribution in [1.82, 2.24) is 0 Å². The van der Waals surface area contributed by atoms with Gasteiger partial charge in [0.1, 0.15) is 5.82 Å². The maximum absolute atomic E-state index is 13.3. The van der Waals surface area contributed by atoms with Gasteiger partial charge in [0.15, 0.2) is 5.78 Å². The van der Waals surface area contributed by atoms with E-state index in [1.54, 1.807) is 36.4 Å². The lowest BCUT2D eigenvalue weighted by atomic mass is 10.0. The molecule has 2 aromatic carbocycles. The molecular formula is C14H13FO. The van der Waals surface area contributed by atoms with Crippen LogP contribution in [0.1, 0.15) is 23.3 Å². The Morgan fingerprint density at radius 1 is 0.875 bits per heavy atom. The van der Waals surface area contributed by atoms with Crippen molar-refractivity contribution in [3.8, 4) is 0 Å². The zero-order chi connectivity index (χ0) is 10.7. The zero-order valence-corrected chi connectivity index (χ0v) is 7.98. The Morgan fingerprint density at radius 3 is 2.06 bits per heavy atom. The van der Waals surface area contributed by atoms with Crippen molar-refractivity contribution in [2.75, 3.05) is 0 Å². The van der Waals surface area contributed by atoms with Gasteiger partial charge in [-0.15, -0.1) is 0 Å². The van der Waals surface area contributed by atoms with E-state index in [0.717, 1.165) is 0 Å². The molecule has 0 radical (unpaired) electrons. The highest BCUT2D eigenvalue weighted by Crippen LogP contribution is 2.12. The molecule has 0 aliphatic heterocycles. The van der Waals surface area contributed by atoms with Gasteiger partial charge >= 0.3 is 0 Å². The van der Waals surface area contributed by atoms with E-state index in [2.05, 4.69) is 0 Å². The Balaban J connectivity index is 0.00000128. The molecule has 2 heteroatoms. The predicted octanol–water partition coefficient (Wildman–Crippen LogP) is 3.69. The summed E-state index contributed by atoms with van der Waals surface area (Å²) in [6.45, 7) is 0. The highest BCUT2D eigenvalue weighted by Gasteiger charge is 2.11. The zero-order valence-electron chi connectivity index (χ0n) is 7.98. The third-order valence-electron chi connectivity index (χ3n) is 2.15. The van der Waals surface area contributed by atoms with Crippen LogP contribution in [-0.2, 0) is 0 Å². The van der Waals surface area contributed by atoms with E-state index in [1.165, 1.54) is 12.1 Å². The number of rotatable bonds is 2. The van der Waals surface area contributed by atoms with Gasteiger partial charge in [-0.2, -0.15) is 0 Å². The number of hydrogen-bond acceptors (Lipinski definition) is 1. The molecule has 2 aromatic rings. The minimum absolute atomic E-state index is 0. The fourth-order valence-electron chi connectivity index (χ4n) is 1.39. The molecule has 0 N–H and O–H groups in total. The first-order valence-corrected chi connectivity index (χ1v) is 4.63. The number of ketones is 1. The van der Waals surface area contributed by atoms with Crippen LogP contribution in [0.4, 0.5) is 4.39 Å². The lowest BCUT2D eigenvalue weighted by Crippen LogP contribution is -2.03. The Labute approximate surface area is 94.6 Å². The van der Waals surface area contributed by atoms with Crippen LogP contribution >= 0.6 is 0 Å². The Kier molecular flexibility index (Phi) is 3.95. The molecule has 82 valence electrons. The standard InChI is InChI=1S/C13H9FO.CH4/c14-12-9-5-4-8-11(12)13(15)10-6-2-1-3-7-10;/h1-9H;1H4. The molecule has 0 spiro atoms. The summed E-state index contributed by atoms with van der Waals surface area (Å²) in [5.74, 6) is -0.764. The maximum atomic E-state index is 13.3. The van der Waals surface area contributed by atoms with Gasteiger partial charge in [-0.05, 0) is 12.1 Å². The number of benzene rings is 2. The first kappa shape index (κ1) is 12.1. The van der Waals surface area contributed by atoms with Gasteiger partial charge in [0.05, 0.1) is 5.56 Å². The van der Waals surface area contributed by atoms with Crippen molar-refractivity contribution in [1.29, 1.82) is 0 Å². The fourth-order valence-corrected chi connectivity index (χ4v) is 1.39. The van der Waals surface area contributed by atoms with Gasteiger partial charge in [0, 0.05) is 5.56 Å². The van der Waals surface area contributed by atoms with Crippen molar-refractivity contribution < 1.29 is 9.18 Å². The van der Waals surface area contributed by atoms with E-state index in [9.17, 15) is 9.18 Å². The summed E-state index contributed by atoms with van der Waals surface area (Å²) in [5.41, 5.74) is 0.617. The predicted molar refractivity (Wildman–Crippen MR) is 63.0 cm³/mol. The summed E-state index contributed by atoms with van der Waals surface area (Å²) in [6.07, 6.45) is 0. The molecule has 0 atom stereocenters.